The lowest BCUT2D eigenvalue weighted by molar-refractivity contribution is 0.0942. The minimum Gasteiger partial charge on any atom is -0.312 e. The summed E-state index contributed by atoms with van der Waals surface area (Å²) >= 11 is 0. The fourth-order valence-electron chi connectivity index (χ4n) is 4.13. The Kier molecular flexibility index (Phi) is 6.83. The zero-order valence-corrected chi connectivity index (χ0v) is 14.0. The zero-order valence-electron chi connectivity index (χ0n) is 14.0. The highest BCUT2D eigenvalue weighted by molar-refractivity contribution is 4.86. The van der Waals surface area contributed by atoms with E-state index in [1.165, 1.54) is 71.0 Å². The fourth-order valence-corrected chi connectivity index (χ4v) is 4.13. The first-order valence-electron chi connectivity index (χ1n) is 9.18. The number of hydrogen-bond donors (Lipinski definition) is 1. The molecule has 2 rings (SSSR count). The van der Waals surface area contributed by atoms with Crippen molar-refractivity contribution in [3.8, 4) is 0 Å². The van der Waals surface area contributed by atoms with Crippen molar-refractivity contribution in [3.63, 3.8) is 0 Å². The van der Waals surface area contributed by atoms with Gasteiger partial charge in [-0.15, -0.1) is 0 Å². The monoisotopic (exact) mass is 280 g/mol. The van der Waals surface area contributed by atoms with Crippen LogP contribution in [0.4, 0.5) is 0 Å². The summed E-state index contributed by atoms with van der Waals surface area (Å²) in [6, 6.07) is 1.53. The maximum Gasteiger partial charge on any atom is 0.0223 e. The molecule has 0 radical (unpaired) electrons. The molecular weight excluding hydrogens is 244 g/mol. The number of hydrogen-bond acceptors (Lipinski definition) is 2. The summed E-state index contributed by atoms with van der Waals surface area (Å²) in [5, 5.41) is 3.88. The van der Waals surface area contributed by atoms with Crippen LogP contribution in [0.5, 0.6) is 0 Å². The van der Waals surface area contributed by atoms with E-state index in [9.17, 15) is 0 Å². The van der Waals surface area contributed by atoms with Gasteiger partial charge in [-0.05, 0) is 57.4 Å². The third kappa shape index (κ3) is 4.73. The Morgan fingerprint density at radius 2 is 1.80 bits per heavy atom. The molecule has 1 saturated carbocycles. The van der Waals surface area contributed by atoms with Crippen LogP contribution in [0.15, 0.2) is 0 Å². The molecule has 3 atom stereocenters. The Bertz CT molecular complexity index is 260. The Labute approximate surface area is 126 Å². The molecule has 118 valence electrons. The van der Waals surface area contributed by atoms with Gasteiger partial charge >= 0.3 is 0 Å². The standard InChI is InChI=1S/C18H36N2/c1-4-12-19-18(17-8-6-5-7-9-17)14-20-13-15(2)10-11-16(20)3/h15-19H,4-14H2,1-3H3. The van der Waals surface area contributed by atoms with E-state index in [1.54, 1.807) is 0 Å². The Balaban J connectivity index is 1.91. The maximum absolute atomic E-state index is 3.88. The molecule has 1 heterocycles. The first-order valence-corrected chi connectivity index (χ1v) is 9.18. The van der Waals surface area contributed by atoms with Gasteiger partial charge in [0.1, 0.15) is 0 Å². The van der Waals surface area contributed by atoms with Gasteiger partial charge in [0, 0.05) is 25.2 Å². The molecule has 2 aliphatic rings. The molecule has 0 aromatic carbocycles. The number of nitrogens with zero attached hydrogens (tertiary/aromatic N) is 1. The summed E-state index contributed by atoms with van der Waals surface area (Å²) in [7, 11) is 0. The molecular formula is C18H36N2. The average Bonchev–Trinajstić information content (AvgIpc) is 2.48. The van der Waals surface area contributed by atoms with Crippen molar-refractivity contribution in [2.45, 2.75) is 84.2 Å². The summed E-state index contributed by atoms with van der Waals surface area (Å²) in [5.41, 5.74) is 0. The van der Waals surface area contributed by atoms with Crippen LogP contribution < -0.4 is 5.32 Å². The largest absolute Gasteiger partial charge is 0.312 e. The molecule has 2 heteroatoms. The van der Waals surface area contributed by atoms with Gasteiger partial charge in [-0.3, -0.25) is 4.90 Å². The summed E-state index contributed by atoms with van der Waals surface area (Å²) in [4.78, 5) is 2.77. The average molecular weight is 280 g/mol. The molecule has 0 amide bonds. The molecule has 0 aromatic heterocycles. The molecule has 3 unspecified atom stereocenters. The minimum atomic E-state index is 0.739. The third-order valence-corrected chi connectivity index (χ3v) is 5.55. The van der Waals surface area contributed by atoms with Crippen LogP contribution in [-0.4, -0.2) is 36.6 Å². The van der Waals surface area contributed by atoms with E-state index in [0.717, 1.165) is 23.9 Å². The lowest BCUT2D eigenvalue weighted by Crippen LogP contribution is -2.51. The molecule has 0 aromatic rings. The number of piperidine rings is 1. The molecule has 1 aliphatic heterocycles. The highest BCUT2D eigenvalue weighted by Gasteiger charge is 2.29. The summed E-state index contributed by atoms with van der Waals surface area (Å²) in [6.07, 6.45) is 11.4. The number of likely N-dealkylation sites (tertiary alicyclic amines) is 1. The SMILES string of the molecule is CCCNC(CN1CC(C)CCC1C)C1CCCCC1. The summed E-state index contributed by atoms with van der Waals surface area (Å²) in [5.74, 6) is 1.82. The van der Waals surface area contributed by atoms with Crippen molar-refractivity contribution in [1.82, 2.24) is 10.2 Å². The highest BCUT2D eigenvalue weighted by atomic mass is 15.2. The van der Waals surface area contributed by atoms with Gasteiger partial charge in [-0.25, -0.2) is 0 Å². The fraction of sp³-hybridized carbons (Fsp3) is 1.00. The smallest absolute Gasteiger partial charge is 0.0223 e. The lowest BCUT2D eigenvalue weighted by Gasteiger charge is -2.41. The van der Waals surface area contributed by atoms with Crippen LogP contribution in [0.2, 0.25) is 0 Å². The molecule has 1 N–H and O–H groups in total. The molecule has 0 bridgehead atoms. The van der Waals surface area contributed by atoms with Crippen LogP contribution in [0.1, 0.15) is 72.1 Å². The Hall–Kier alpha value is -0.0800. The first kappa shape index (κ1) is 16.3. The molecule has 0 spiro atoms. The molecule has 2 nitrogen and oxygen atoms in total. The topological polar surface area (TPSA) is 15.3 Å². The van der Waals surface area contributed by atoms with Crippen molar-refractivity contribution in [1.29, 1.82) is 0 Å². The van der Waals surface area contributed by atoms with Crippen LogP contribution in [0, 0.1) is 11.8 Å². The van der Waals surface area contributed by atoms with E-state index in [-0.39, 0.29) is 0 Å². The summed E-state index contributed by atoms with van der Waals surface area (Å²) in [6.45, 7) is 10.9. The van der Waals surface area contributed by atoms with Crippen molar-refractivity contribution in [2.75, 3.05) is 19.6 Å². The van der Waals surface area contributed by atoms with Crippen LogP contribution in [0.3, 0.4) is 0 Å². The van der Waals surface area contributed by atoms with Gasteiger partial charge in [0.05, 0.1) is 0 Å². The van der Waals surface area contributed by atoms with Gasteiger partial charge in [0.15, 0.2) is 0 Å². The van der Waals surface area contributed by atoms with Gasteiger partial charge < -0.3 is 5.32 Å². The number of rotatable bonds is 6. The minimum absolute atomic E-state index is 0.739. The van der Waals surface area contributed by atoms with Crippen LogP contribution in [0.25, 0.3) is 0 Å². The molecule has 2 fully saturated rings. The molecule has 1 aliphatic carbocycles. The maximum atomic E-state index is 3.88. The van der Waals surface area contributed by atoms with E-state index in [2.05, 4.69) is 31.0 Å². The summed E-state index contributed by atoms with van der Waals surface area (Å²) < 4.78 is 0. The van der Waals surface area contributed by atoms with Gasteiger partial charge in [-0.2, -0.15) is 0 Å². The second-order valence-electron chi connectivity index (χ2n) is 7.44. The Morgan fingerprint density at radius 3 is 2.50 bits per heavy atom. The Morgan fingerprint density at radius 1 is 1.05 bits per heavy atom. The molecule has 1 saturated heterocycles. The van der Waals surface area contributed by atoms with Crippen molar-refractivity contribution in [2.24, 2.45) is 11.8 Å². The zero-order chi connectivity index (χ0) is 14.4. The van der Waals surface area contributed by atoms with E-state index >= 15 is 0 Å². The van der Waals surface area contributed by atoms with Crippen molar-refractivity contribution in [3.05, 3.63) is 0 Å². The normalized spacial score (nSPS) is 31.4. The predicted molar refractivity (Wildman–Crippen MR) is 88.1 cm³/mol. The van der Waals surface area contributed by atoms with E-state index < -0.39 is 0 Å². The third-order valence-electron chi connectivity index (χ3n) is 5.55. The quantitative estimate of drug-likeness (QED) is 0.789. The van der Waals surface area contributed by atoms with Gasteiger partial charge in [0.25, 0.3) is 0 Å². The number of nitrogens with one attached hydrogen (secondary N) is 1. The van der Waals surface area contributed by atoms with Gasteiger partial charge in [0.2, 0.25) is 0 Å². The van der Waals surface area contributed by atoms with Crippen molar-refractivity contribution < 1.29 is 0 Å². The van der Waals surface area contributed by atoms with Gasteiger partial charge in [-0.1, -0.05) is 33.1 Å². The van der Waals surface area contributed by atoms with E-state index in [4.69, 9.17) is 0 Å². The van der Waals surface area contributed by atoms with E-state index in [1.807, 2.05) is 0 Å². The van der Waals surface area contributed by atoms with Crippen LogP contribution >= 0.6 is 0 Å². The first-order chi connectivity index (χ1) is 9.70. The van der Waals surface area contributed by atoms with Crippen molar-refractivity contribution >= 4 is 0 Å². The van der Waals surface area contributed by atoms with Crippen LogP contribution in [-0.2, 0) is 0 Å². The van der Waals surface area contributed by atoms with E-state index in [0.29, 0.717) is 0 Å². The predicted octanol–water partition coefficient (Wildman–Crippen LogP) is 4.06. The lowest BCUT2D eigenvalue weighted by atomic mass is 9.83. The second-order valence-corrected chi connectivity index (χ2v) is 7.44. The second kappa shape index (κ2) is 8.38. The molecule has 20 heavy (non-hydrogen) atoms. The highest BCUT2D eigenvalue weighted by Crippen LogP contribution is 2.29.